The molecule has 0 radical (unpaired) electrons. The highest BCUT2D eigenvalue weighted by molar-refractivity contribution is 5.90. The molecule has 2 aliphatic rings. The lowest BCUT2D eigenvalue weighted by atomic mass is 10.1. The zero-order chi connectivity index (χ0) is 40.7. The molecule has 4 atom stereocenters. The van der Waals surface area contributed by atoms with Crippen molar-refractivity contribution >= 4 is 46.6 Å². The normalized spacial score (nSPS) is 18.3. The van der Waals surface area contributed by atoms with Crippen molar-refractivity contribution in [1.82, 2.24) is 0 Å². The number of rotatable bonds is 18. The van der Waals surface area contributed by atoms with Gasteiger partial charge in [-0.25, -0.2) is 19.2 Å². The molecule has 4 aromatic rings. The molecule has 0 aliphatic carbocycles. The van der Waals surface area contributed by atoms with Crippen LogP contribution >= 0.6 is 0 Å². The Bertz CT molecular complexity index is 1970. The molecule has 0 saturated carbocycles. The largest absolute Gasteiger partial charge is 0.490 e. The van der Waals surface area contributed by atoms with Gasteiger partial charge < -0.3 is 37.9 Å². The molecule has 4 aromatic carbocycles. The molecule has 2 heterocycles. The van der Waals surface area contributed by atoms with Gasteiger partial charge in [0.05, 0.1) is 47.1 Å². The molecule has 2 fully saturated rings. The fraction of sp³-hybridized carbons (Fsp3) is 0.238. The lowest BCUT2D eigenvalue weighted by Gasteiger charge is -2.17. The molecule has 2 saturated heterocycles. The Kier molecular flexibility index (Phi) is 14.2. The highest BCUT2D eigenvalue weighted by atomic mass is 16.7. The Hall–Kier alpha value is -7.04. The van der Waals surface area contributed by atoms with Crippen LogP contribution in [0.2, 0.25) is 0 Å². The number of hydrogen-bond donors (Lipinski definition) is 0. The first-order chi connectivity index (χ1) is 28.3. The summed E-state index contributed by atoms with van der Waals surface area (Å²) in [6.45, 7) is 7.42. The number of benzene rings is 4. The maximum absolute atomic E-state index is 13.0. The summed E-state index contributed by atoms with van der Waals surface area (Å²) in [5, 5.41) is 16.8. The molecule has 16 heteroatoms. The summed E-state index contributed by atoms with van der Waals surface area (Å²) in [6.07, 6.45) is -0.432. The van der Waals surface area contributed by atoms with Crippen LogP contribution in [0.4, 0.5) is 22.7 Å². The van der Waals surface area contributed by atoms with Crippen molar-refractivity contribution in [2.24, 2.45) is 20.5 Å². The topological polar surface area (TPSA) is 192 Å². The lowest BCUT2D eigenvalue weighted by Crippen LogP contribution is -2.36. The van der Waals surface area contributed by atoms with Gasteiger partial charge in [0, 0.05) is 12.2 Å². The number of fused-ring (bicyclic) bond motifs is 1. The van der Waals surface area contributed by atoms with Crippen LogP contribution in [0.1, 0.15) is 20.7 Å². The first-order valence-electron chi connectivity index (χ1n) is 18.0. The molecule has 0 N–H and O–H groups in total. The van der Waals surface area contributed by atoms with Crippen LogP contribution in [-0.4, -0.2) is 87.9 Å². The van der Waals surface area contributed by atoms with E-state index in [0.717, 1.165) is 12.2 Å². The van der Waals surface area contributed by atoms with E-state index in [0.29, 0.717) is 45.4 Å². The molecule has 298 valence electrons. The van der Waals surface area contributed by atoms with Gasteiger partial charge in [-0.3, -0.25) is 0 Å². The summed E-state index contributed by atoms with van der Waals surface area (Å²) in [7, 11) is 0. The monoisotopic (exact) mass is 790 g/mol. The van der Waals surface area contributed by atoms with Crippen LogP contribution in [0.15, 0.2) is 143 Å². The third kappa shape index (κ3) is 11.5. The molecule has 0 amide bonds. The number of azo groups is 2. The van der Waals surface area contributed by atoms with Gasteiger partial charge in [0.2, 0.25) is 0 Å². The van der Waals surface area contributed by atoms with Crippen LogP contribution < -0.4 is 9.47 Å². The van der Waals surface area contributed by atoms with E-state index in [1.807, 2.05) is 0 Å². The van der Waals surface area contributed by atoms with E-state index in [-0.39, 0.29) is 39.6 Å². The number of carbonyl (C=O) groups is 4. The van der Waals surface area contributed by atoms with Crippen molar-refractivity contribution in [2.45, 2.75) is 24.4 Å². The minimum absolute atomic E-state index is 0.0801. The van der Waals surface area contributed by atoms with Crippen LogP contribution in [0.25, 0.3) is 0 Å². The van der Waals surface area contributed by atoms with Gasteiger partial charge in [-0.05, 0) is 97.1 Å². The quantitative estimate of drug-likeness (QED) is 0.0322. The second-order valence-corrected chi connectivity index (χ2v) is 12.4. The molecule has 16 nitrogen and oxygen atoms in total. The van der Waals surface area contributed by atoms with Crippen LogP contribution in [-0.2, 0) is 38.0 Å². The summed E-state index contributed by atoms with van der Waals surface area (Å²) in [5.74, 6) is -1.01. The van der Waals surface area contributed by atoms with Gasteiger partial charge >= 0.3 is 23.9 Å². The maximum Gasteiger partial charge on any atom is 0.338 e. The predicted molar refractivity (Wildman–Crippen MR) is 205 cm³/mol. The van der Waals surface area contributed by atoms with Crippen molar-refractivity contribution < 1.29 is 57.1 Å². The fourth-order valence-corrected chi connectivity index (χ4v) is 5.54. The number of carbonyl (C=O) groups excluding carboxylic acids is 4. The van der Waals surface area contributed by atoms with Gasteiger partial charge in [0.15, 0.2) is 12.2 Å². The lowest BCUT2D eigenvalue weighted by molar-refractivity contribution is -0.139. The molecule has 6 rings (SSSR count). The Labute approximate surface area is 332 Å². The van der Waals surface area contributed by atoms with Gasteiger partial charge in [-0.1, -0.05) is 13.2 Å². The smallest absolute Gasteiger partial charge is 0.338 e. The van der Waals surface area contributed by atoms with Gasteiger partial charge in [0.1, 0.15) is 50.1 Å². The second kappa shape index (κ2) is 20.2. The molecule has 0 bridgehead atoms. The molecular weight excluding hydrogens is 752 g/mol. The second-order valence-electron chi connectivity index (χ2n) is 12.4. The predicted octanol–water partition coefficient (Wildman–Crippen LogP) is 7.28. The first kappa shape index (κ1) is 40.6. The van der Waals surface area contributed by atoms with Crippen molar-refractivity contribution in [3.8, 4) is 11.5 Å². The van der Waals surface area contributed by atoms with Crippen molar-refractivity contribution in [3.05, 3.63) is 133 Å². The minimum atomic E-state index is -0.697. The Morgan fingerprint density at radius 2 is 0.845 bits per heavy atom. The summed E-state index contributed by atoms with van der Waals surface area (Å²) in [6, 6.07) is 26.6. The van der Waals surface area contributed by atoms with Gasteiger partial charge in [-0.2, -0.15) is 20.5 Å². The summed E-state index contributed by atoms with van der Waals surface area (Å²) in [4.78, 5) is 48.1. The van der Waals surface area contributed by atoms with E-state index in [9.17, 15) is 19.2 Å². The SMILES string of the molecule is C=CC(=O)OCCOc1ccc(/N=N/c2ccc(C(=O)O[C@@H]3COC4C3OC[C@H]4OC(=O)c3ccc(/N=N/c4ccc(OCCOC(=O)C=C)cc4)cc3)cc2)cc1. The summed E-state index contributed by atoms with van der Waals surface area (Å²) >= 11 is 0. The van der Waals surface area contributed by atoms with E-state index in [4.69, 9.17) is 37.9 Å². The summed E-state index contributed by atoms with van der Waals surface area (Å²) in [5.41, 5.74) is 2.81. The molecule has 2 aliphatic heterocycles. The van der Waals surface area contributed by atoms with Crippen molar-refractivity contribution in [1.29, 1.82) is 0 Å². The van der Waals surface area contributed by atoms with Gasteiger partial charge in [-0.15, -0.1) is 0 Å². The van der Waals surface area contributed by atoms with E-state index >= 15 is 0 Å². The fourth-order valence-electron chi connectivity index (χ4n) is 5.54. The molecule has 0 aromatic heterocycles. The van der Waals surface area contributed by atoms with Crippen molar-refractivity contribution in [3.63, 3.8) is 0 Å². The number of nitrogens with zero attached hydrogens (tertiary/aromatic N) is 4. The Balaban J connectivity index is 0.918. The Morgan fingerprint density at radius 3 is 1.17 bits per heavy atom. The highest BCUT2D eigenvalue weighted by Crippen LogP contribution is 2.32. The number of ether oxygens (including phenoxy) is 8. The Morgan fingerprint density at radius 1 is 0.517 bits per heavy atom. The molecule has 2 unspecified atom stereocenters. The standard InChI is InChI=1S/C42H38N4O12/c1-3-37(47)53-23-21-51-33-17-13-31(14-18-33)45-43-29-9-5-27(6-10-29)41(49)57-35-25-55-40-36(26-56-39(35)40)58-42(50)28-7-11-30(12-8-28)44-46-32-15-19-34(20-16-32)52-22-24-54-38(48)4-2/h3-20,35-36,39-40H,1-2,21-26H2/b45-43+,46-44+/t35-,36-,39?,40?/m1/s1. The first-order valence-corrected chi connectivity index (χ1v) is 18.0. The average Bonchev–Trinajstić information content (AvgIpc) is 3.85. The van der Waals surface area contributed by atoms with Gasteiger partial charge in [0.25, 0.3) is 0 Å². The zero-order valence-corrected chi connectivity index (χ0v) is 31.0. The van der Waals surface area contributed by atoms with E-state index in [2.05, 4.69) is 33.6 Å². The van der Waals surface area contributed by atoms with Crippen LogP contribution in [0.5, 0.6) is 11.5 Å². The highest BCUT2D eigenvalue weighted by Gasteiger charge is 2.51. The van der Waals surface area contributed by atoms with Crippen LogP contribution in [0, 0.1) is 0 Å². The van der Waals surface area contributed by atoms with E-state index in [1.165, 1.54) is 0 Å². The average molecular weight is 791 g/mol. The minimum Gasteiger partial charge on any atom is -0.490 e. The summed E-state index contributed by atoms with van der Waals surface area (Å²) < 4.78 is 43.9. The van der Waals surface area contributed by atoms with E-state index < -0.39 is 48.3 Å². The third-order valence-electron chi connectivity index (χ3n) is 8.45. The molecule has 58 heavy (non-hydrogen) atoms. The third-order valence-corrected chi connectivity index (χ3v) is 8.45. The molecular formula is C42H38N4O12. The molecule has 0 spiro atoms. The number of esters is 4. The maximum atomic E-state index is 13.0. The van der Waals surface area contributed by atoms with Crippen molar-refractivity contribution in [2.75, 3.05) is 39.6 Å². The zero-order valence-electron chi connectivity index (χ0n) is 31.0. The van der Waals surface area contributed by atoms with Crippen LogP contribution in [0.3, 0.4) is 0 Å². The number of hydrogen-bond acceptors (Lipinski definition) is 16. The van der Waals surface area contributed by atoms with E-state index in [1.54, 1.807) is 97.1 Å².